The number of carbonyl (C=O) groups is 1. The summed E-state index contributed by atoms with van der Waals surface area (Å²) in [5, 5.41) is 9.17. The van der Waals surface area contributed by atoms with Crippen molar-refractivity contribution in [1.82, 2.24) is 20.1 Å². The molecular formula is C20H25ClN4O. The molecule has 0 bridgehead atoms. The molecular weight excluding hydrogens is 348 g/mol. The lowest BCUT2D eigenvalue weighted by molar-refractivity contribution is -0.121. The van der Waals surface area contributed by atoms with Crippen molar-refractivity contribution in [2.24, 2.45) is 0 Å². The maximum atomic E-state index is 12.2. The predicted octanol–water partition coefficient (Wildman–Crippen LogP) is 3.86. The first-order chi connectivity index (χ1) is 12.4. The van der Waals surface area contributed by atoms with Gasteiger partial charge in [-0.3, -0.25) is 9.48 Å². The Morgan fingerprint density at radius 1 is 1.31 bits per heavy atom. The maximum Gasteiger partial charge on any atom is 0.241 e. The van der Waals surface area contributed by atoms with Gasteiger partial charge in [0.25, 0.3) is 0 Å². The summed E-state index contributed by atoms with van der Waals surface area (Å²) in [7, 11) is 0. The second-order valence-electron chi connectivity index (χ2n) is 6.66. The molecule has 26 heavy (non-hydrogen) atoms. The molecule has 2 N–H and O–H groups in total. The van der Waals surface area contributed by atoms with Crippen LogP contribution in [0.25, 0.3) is 10.9 Å². The van der Waals surface area contributed by atoms with Crippen LogP contribution in [0.5, 0.6) is 0 Å². The van der Waals surface area contributed by atoms with E-state index in [2.05, 4.69) is 47.4 Å². The van der Waals surface area contributed by atoms with Gasteiger partial charge in [-0.05, 0) is 44.7 Å². The second-order valence-corrected chi connectivity index (χ2v) is 7.04. The van der Waals surface area contributed by atoms with Gasteiger partial charge in [-0.1, -0.05) is 36.7 Å². The number of hydrogen-bond donors (Lipinski definition) is 2. The Kier molecular flexibility index (Phi) is 5.37. The largest absolute Gasteiger partial charge is 0.358 e. The van der Waals surface area contributed by atoms with Crippen molar-refractivity contribution < 1.29 is 4.79 Å². The molecule has 0 radical (unpaired) electrons. The predicted molar refractivity (Wildman–Crippen MR) is 106 cm³/mol. The van der Waals surface area contributed by atoms with Crippen LogP contribution in [0.2, 0.25) is 5.02 Å². The van der Waals surface area contributed by atoms with E-state index in [1.807, 2.05) is 13.8 Å². The van der Waals surface area contributed by atoms with Gasteiger partial charge in [-0.15, -0.1) is 0 Å². The van der Waals surface area contributed by atoms with E-state index < -0.39 is 0 Å². The molecule has 0 spiro atoms. The number of halogens is 1. The first-order valence-electron chi connectivity index (χ1n) is 8.97. The van der Waals surface area contributed by atoms with Crippen molar-refractivity contribution in [1.29, 1.82) is 0 Å². The molecule has 0 aliphatic rings. The number of nitrogens with zero attached hydrogens (tertiary/aromatic N) is 2. The number of aromatic nitrogens is 3. The Bertz CT molecular complexity index is 955. The number of para-hydroxylation sites is 1. The van der Waals surface area contributed by atoms with Crippen molar-refractivity contribution in [3.05, 3.63) is 51.4 Å². The number of amides is 1. The third-order valence-corrected chi connectivity index (χ3v) is 5.45. The average Bonchev–Trinajstić information content (AvgIpc) is 3.06. The van der Waals surface area contributed by atoms with Crippen molar-refractivity contribution in [3.8, 4) is 0 Å². The van der Waals surface area contributed by atoms with E-state index in [-0.39, 0.29) is 12.5 Å². The highest BCUT2D eigenvalue weighted by Gasteiger charge is 2.13. The fourth-order valence-corrected chi connectivity index (χ4v) is 3.56. The van der Waals surface area contributed by atoms with Crippen molar-refractivity contribution >= 4 is 28.4 Å². The zero-order valence-electron chi connectivity index (χ0n) is 15.7. The standard InChI is InChI=1S/C20H25ClN4O/c1-5-15-7-6-8-17-16(12(2)23-20(15)17)9-10-22-18(26)11-25-14(4)19(21)13(3)24-25/h6-8,23H,5,9-11H2,1-4H3,(H,22,26). The first kappa shape index (κ1) is 18.5. The van der Waals surface area contributed by atoms with Crippen LogP contribution in [-0.2, 0) is 24.2 Å². The van der Waals surface area contributed by atoms with E-state index in [1.54, 1.807) is 4.68 Å². The number of aromatic amines is 1. The summed E-state index contributed by atoms with van der Waals surface area (Å²) in [6.45, 7) is 8.75. The van der Waals surface area contributed by atoms with Gasteiger partial charge in [0, 0.05) is 23.1 Å². The van der Waals surface area contributed by atoms with Gasteiger partial charge < -0.3 is 10.3 Å². The minimum absolute atomic E-state index is 0.0565. The minimum Gasteiger partial charge on any atom is -0.358 e. The fourth-order valence-electron chi connectivity index (χ4n) is 3.43. The fraction of sp³-hybridized carbons (Fsp3) is 0.400. The Hall–Kier alpha value is -2.27. The molecule has 0 aliphatic heterocycles. The molecule has 0 unspecified atom stereocenters. The number of carbonyl (C=O) groups excluding carboxylic acids is 1. The first-order valence-corrected chi connectivity index (χ1v) is 9.35. The lowest BCUT2D eigenvalue weighted by atomic mass is 10.0. The molecule has 6 heteroatoms. The Morgan fingerprint density at radius 3 is 2.73 bits per heavy atom. The number of H-pyrrole nitrogens is 1. The quantitative estimate of drug-likeness (QED) is 0.690. The van der Waals surface area contributed by atoms with Crippen molar-refractivity contribution in [3.63, 3.8) is 0 Å². The molecule has 138 valence electrons. The molecule has 0 fully saturated rings. The van der Waals surface area contributed by atoms with E-state index in [9.17, 15) is 4.79 Å². The number of fused-ring (bicyclic) bond motifs is 1. The number of aryl methyl sites for hydroxylation is 3. The van der Waals surface area contributed by atoms with E-state index >= 15 is 0 Å². The van der Waals surface area contributed by atoms with Crippen LogP contribution >= 0.6 is 11.6 Å². The van der Waals surface area contributed by atoms with Crippen LogP contribution in [0.1, 0.15) is 35.1 Å². The summed E-state index contributed by atoms with van der Waals surface area (Å²) in [6, 6.07) is 6.40. The number of hydrogen-bond acceptors (Lipinski definition) is 2. The molecule has 2 heterocycles. The molecule has 1 aromatic carbocycles. The highest BCUT2D eigenvalue weighted by atomic mass is 35.5. The summed E-state index contributed by atoms with van der Waals surface area (Å²) >= 11 is 6.13. The van der Waals surface area contributed by atoms with Crippen LogP contribution in [0.3, 0.4) is 0 Å². The Morgan fingerprint density at radius 2 is 2.08 bits per heavy atom. The third kappa shape index (κ3) is 3.49. The Labute approximate surface area is 158 Å². The molecule has 3 aromatic rings. The molecule has 5 nitrogen and oxygen atoms in total. The average molecular weight is 373 g/mol. The van der Waals surface area contributed by atoms with Crippen LogP contribution in [0, 0.1) is 20.8 Å². The van der Waals surface area contributed by atoms with E-state index in [0.29, 0.717) is 11.6 Å². The van der Waals surface area contributed by atoms with Crippen LogP contribution < -0.4 is 5.32 Å². The summed E-state index contributed by atoms with van der Waals surface area (Å²) in [5.74, 6) is -0.0565. The summed E-state index contributed by atoms with van der Waals surface area (Å²) in [4.78, 5) is 15.7. The molecule has 3 rings (SSSR count). The van der Waals surface area contributed by atoms with Gasteiger partial charge in [0.05, 0.1) is 16.4 Å². The number of nitrogens with one attached hydrogen (secondary N) is 2. The van der Waals surface area contributed by atoms with Crippen molar-refractivity contribution in [2.75, 3.05) is 6.54 Å². The summed E-state index contributed by atoms with van der Waals surface area (Å²) in [5.41, 5.74) is 6.54. The molecule has 0 atom stereocenters. The monoisotopic (exact) mass is 372 g/mol. The van der Waals surface area contributed by atoms with Gasteiger partial charge in [0.1, 0.15) is 6.54 Å². The topological polar surface area (TPSA) is 62.7 Å². The van der Waals surface area contributed by atoms with E-state index in [0.717, 1.165) is 24.2 Å². The zero-order valence-corrected chi connectivity index (χ0v) is 16.5. The summed E-state index contributed by atoms with van der Waals surface area (Å²) < 4.78 is 1.65. The van der Waals surface area contributed by atoms with Crippen molar-refractivity contribution in [2.45, 2.75) is 47.1 Å². The molecule has 0 aliphatic carbocycles. The van der Waals surface area contributed by atoms with Gasteiger partial charge in [-0.2, -0.15) is 5.10 Å². The van der Waals surface area contributed by atoms with Crippen LogP contribution in [-0.4, -0.2) is 27.2 Å². The summed E-state index contributed by atoms with van der Waals surface area (Å²) in [6.07, 6.45) is 1.79. The lowest BCUT2D eigenvalue weighted by Crippen LogP contribution is -2.30. The lowest BCUT2D eigenvalue weighted by Gasteiger charge is -2.07. The van der Waals surface area contributed by atoms with Crippen LogP contribution in [0.4, 0.5) is 0 Å². The number of benzene rings is 1. The normalized spacial score (nSPS) is 11.3. The van der Waals surface area contributed by atoms with E-state index in [1.165, 1.54) is 27.7 Å². The van der Waals surface area contributed by atoms with Gasteiger partial charge >= 0.3 is 0 Å². The van der Waals surface area contributed by atoms with Gasteiger partial charge in [0.15, 0.2) is 0 Å². The highest BCUT2D eigenvalue weighted by Crippen LogP contribution is 2.25. The number of rotatable bonds is 6. The smallest absolute Gasteiger partial charge is 0.241 e. The molecule has 1 amide bonds. The molecule has 2 aromatic heterocycles. The highest BCUT2D eigenvalue weighted by molar-refractivity contribution is 6.31. The zero-order chi connectivity index (χ0) is 18.8. The van der Waals surface area contributed by atoms with Crippen LogP contribution in [0.15, 0.2) is 18.2 Å². The molecule has 0 saturated heterocycles. The third-order valence-electron chi connectivity index (χ3n) is 4.91. The van der Waals surface area contributed by atoms with Gasteiger partial charge in [0.2, 0.25) is 5.91 Å². The maximum absolute atomic E-state index is 12.2. The van der Waals surface area contributed by atoms with Gasteiger partial charge in [-0.25, -0.2) is 0 Å². The second kappa shape index (κ2) is 7.54. The van der Waals surface area contributed by atoms with E-state index in [4.69, 9.17) is 11.6 Å². The minimum atomic E-state index is -0.0565. The SMILES string of the molecule is CCc1cccc2c(CCNC(=O)Cn3nc(C)c(Cl)c3C)c(C)[nH]c12. The molecule has 0 saturated carbocycles. The Balaban J connectivity index is 1.65.